The summed E-state index contributed by atoms with van der Waals surface area (Å²) in [4.78, 5) is 57.1. The topological polar surface area (TPSA) is 370 Å². The van der Waals surface area contributed by atoms with Crippen molar-refractivity contribution >= 4 is 150 Å². The monoisotopic (exact) mass is 1310 g/mol. The van der Waals surface area contributed by atoms with Crippen LogP contribution in [-0.4, -0.2) is 139 Å². The number of nitrogens with zero attached hydrogens (tertiary/aromatic N) is 8. The Hall–Kier alpha value is -6.27. The fraction of sp³-hybridized carbons (Fsp3) is 0.407. The molecule has 24 nitrogen and oxygen atoms in total. The van der Waals surface area contributed by atoms with Crippen molar-refractivity contribution < 1.29 is 54.2 Å². The van der Waals surface area contributed by atoms with Crippen LogP contribution in [0.15, 0.2) is 97.9 Å². The first kappa shape index (κ1) is 66.3. The third-order valence-corrected chi connectivity index (χ3v) is 22.6. The number of carbonyl (C=O) groups is 3. The van der Waals surface area contributed by atoms with Crippen LogP contribution in [0, 0.1) is 0 Å². The number of aromatic nitrogens is 3. The Kier molecular flexibility index (Phi) is 20.6. The maximum absolute atomic E-state index is 13.5. The molecule has 0 unspecified atom stereocenters. The minimum atomic E-state index is -4.10. The highest BCUT2D eigenvalue weighted by Crippen LogP contribution is 2.43. The number of benzene rings is 3. The van der Waals surface area contributed by atoms with Crippen LogP contribution in [0.3, 0.4) is 0 Å². The number of carbonyl (C=O) groups excluding carboxylic acids is 2. The molecule has 3 aromatic carbocycles. The molecule has 3 fully saturated rings. The van der Waals surface area contributed by atoms with Crippen molar-refractivity contribution in [3.05, 3.63) is 93.4 Å². The molecule has 458 valence electrons. The lowest BCUT2D eigenvalue weighted by atomic mass is 9.98. The van der Waals surface area contributed by atoms with Crippen LogP contribution in [-0.2, 0) is 53.9 Å². The molecule has 3 heterocycles. The van der Waals surface area contributed by atoms with Gasteiger partial charge in [-0.2, -0.15) is 22.9 Å². The number of halogens is 4. The van der Waals surface area contributed by atoms with Gasteiger partial charge in [0.2, 0.25) is 30.1 Å². The third-order valence-electron chi connectivity index (χ3n) is 15.6. The smallest absolute Gasteiger partial charge is 0.327 e. The highest BCUT2D eigenvalue weighted by Gasteiger charge is 2.53. The number of aliphatic carboxylic acids is 1. The highest BCUT2D eigenvalue weighted by molar-refractivity contribution is 7.89. The maximum Gasteiger partial charge on any atom is 0.327 e. The van der Waals surface area contributed by atoms with E-state index in [-0.39, 0.29) is 69.4 Å². The lowest BCUT2D eigenvalue weighted by Gasteiger charge is -2.35. The third kappa shape index (κ3) is 13.1. The van der Waals surface area contributed by atoms with E-state index in [1.165, 1.54) is 82.2 Å². The molecule has 3 aromatic heterocycles. The number of carboxylic acid groups (broad SMARTS) is 1. The molecule has 31 heteroatoms. The van der Waals surface area contributed by atoms with Crippen molar-refractivity contribution in [1.82, 2.24) is 27.9 Å². The summed E-state index contributed by atoms with van der Waals surface area (Å²) in [7, 11) is -7.97. The summed E-state index contributed by atoms with van der Waals surface area (Å²) < 4.78 is 93.6. The summed E-state index contributed by atoms with van der Waals surface area (Å²) in [5.74, 6) is -2.37. The number of likely N-dealkylation sites (N-methyl/N-ethyl adjacent to an activating group) is 3. The second kappa shape index (κ2) is 26.4. The van der Waals surface area contributed by atoms with Gasteiger partial charge in [0.05, 0.1) is 43.0 Å². The minimum absolute atomic E-state index is 0.0239. The Morgan fingerprint density at radius 2 is 0.800 bits per heavy atom. The summed E-state index contributed by atoms with van der Waals surface area (Å²) in [6, 6.07) is 13.2. The first-order valence-electron chi connectivity index (χ1n) is 26.6. The molecule has 0 aliphatic heterocycles. The van der Waals surface area contributed by atoms with Crippen LogP contribution in [0.25, 0.3) is 32.3 Å². The van der Waals surface area contributed by atoms with E-state index in [1.54, 1.807) is 26.0 Å². The lowest BCUT2D eigenvalue weighted by molar-refractivity contribution is -0.154. The van der Waals surface area contributed by atoms with E-state index in [4.69, 9.17) is 78.8 Å². The lowest BCUT2D eigenvalue weighted by Crippen LogP contribution is -2.54. The normalized spacial score (nSPS) is 16.4. The molecule has 3 aliphatic carbocycles. The van der Waals surface area contributed by atoms with Gasteiger partial charge in [-0.1, -0.05) is 103 Å². The van der Waals surface area contributed by atoms with Gasteiger partial charge in [-0.05, 0) is 88.8 Å². The van der Waals surface area contributed by atoms with Gasteiger partial charge in [0, 0.05) is 72.1 Å². The van der Waals surface area contributed by atoms with Crippen molar-refractivity contribution in [2.45, 2.75) is 122 Å². The number of guanidine groups is 2. The average molecular weight is 1310 g/mol. The zero-order chi connectivity index (χ0) is 62.6. The van der Waals surface area contributed by atoms with Crippen molar-refractivity contribution in [3.8, 4) is 0 Å². The summed E-state index contributed by atoms with van der Waals surface area (Å²) in [6.07, 6.45) is 10.7. The number of fused-ring (bicyclic) bond motifs is 3. The largest absolute Gasteiger partial charge is 0.480 e. The molecule has 3 saturated carbocycles. The zero-order valence-electron chi connectivity index (χ0n) is 46.9. The van der Waals surface area contributed by atoms with Crippen LogP contribution in [0.1, 0.15) is 90.9 Å². The molecule has 0 bridgehead atoms. The zero-order valence-corrected chi connectivity index (χ0v) is 52.4. The van der Waals surface area contributed by atoms with Gasteiger partial charge in [-0.15, -0.1) is 0 Å². The van der Waals surface area contributed by atoms with Gasteiger partial charge in [-0.3, -0.25) is 14.4 Å². The molecular weight excluding hydrogens is 1250 g/mol. The summed E-state index contributed by atoms with van der Waals surface area (Å²) in [6.45, 7) is 3.78. The van der Waals surface area contributed by atoms with Gasteiger partial charge in [-0.25, -0.2) is 40.2 Å². The van der Waals surface area contributed by atoms with E-state index >= 15 is 0 Å². The number of sulfonamides is 3. The van der Waals surface area contributed by atoms with Crippen LogP contribution < -0.4 is 22.9 Å². The van der Waals surface area contributed by atoms with Crippen LogP contribution in [0.5, 0.6) is 0 Å². The molecular formula is C54H64Cl4N12O12S3. The Balaban J connectivity index is 0.000000183. The number of nitrogens with two attached hydrogens (primary N) is 4. The summed E-state index contributed by atoms with van der Waals surface area (Å²) in [5.41, 5.74) is 17.9. The molecule has 9 rings (SSSR count). The van der Waals surface area contributed by atoms with Gasteiger partial charge in [0.1, 0.15) is 21.8 Å². The molecule has 6 aromatic rings. The van der Waals surface area contributed by atoms with E-state index in [0.717, 1.165) is 38.6 Å². The molecule has 0 saturated heterocycles. The molecule has 85 heavy (non-hydrogen) atoms. The Labute approximate surface area is 512 Å². The number of hydrogen-bond donors (Lipinski definition) is 5. The van der Waals surface area contributed by atoms with E-state index in [9.17, 15) is 44.7 Å². The quantitative estimate of drug-likeness (QED) is 0.0264. The van der Waals surface area contributed by atoms with Crippen molar-refractivity contribution in [3.63, 3.8) is 0 Å². The Morgan fingerprint density at radius 1 is 0.506 bits per heavy atom. The number of ether oxygens (including phenoxy) is 2. The molecule has 0 amide bonds. The highest BCUT2D eigenvalue weighted by atomic mass is 35.5. The number of pyridine rings is 3. The predicted molar refractivity (Wildman–Crippen MR) is 326 cm³/mol. The number of hydrogen-bond acceptors (Lipinski definition) is 16. The molecule has 0 atom stereocenters. The summed E-state index contributed by atoms with van der Waals surface area (Å²) >= 11 is 24.6. The van der Waals surface area contributed by atoms with Crippen molar-refractivity contribution in [2.75, 3.05) is 34.4 Å². The molecule has 0 radical (unpaired) electrons. The first-order valence-corrected chi connectivity index (χ1v) is 32.4. The van der Waals surface area contributed by atoms with Crippen LogP contribution in [0.2, 0.25) is 20.2 Å². The standard InChI is InChI=1S/C19H24ClN5O4S.C18H20Cl2N2O4S.C17H20ClN5O4S/c1-3-29-17(26)19(8-4-5-9-19)25(2)30(27,28)12-6-7-13-14(10-12)16(24-18(21)22)23-11-15(13)20;1-3-26-17(23)18(8-4-5-9-18)22(2)27(24,25)12-6-7-13-14(10-12)16(20)21-11-15(13)19;1-23(17(15(24)25)6-2-3-7-17)28(26,27)10-4-5-11-12(8-10)14(22-16(19)20)21-9-13(11)18/h6-7,10-11H,3-5,8-9H2,1-2H3,(H4,21,22,23,24);6-7,10-11H,3-5,8-9H2,1-2H3;4-5,8-9H,2-3,6-7H2,1H3,(H,24,25)(H4,19,20,21,22). The average Bonchev–Trinajstić information content (AvgIpc) is 3.11. The van der Waals surface area contributed by atoms with Crippen molar-refractivity contribution in [1.29, 1.82) is 0 Å². The predicted octanol–water partition coefficient (Wildman–Crippen LogP) is 8.14. The second-order valence-electron chi connectivity index (χ2n) is 20.3. The summed E-state index contributed by atoms with van der Waals surface area (Å²) in [5, 5.41) is 13.7. The Morgan fingerprint density at radius 3 is 1.12 bits per heavy atom. The number of rotatable bonds is 16. The Bertz CT molecular complexity index is 3990. The minimum Gasteiger partial charge on any atom is -0.480 e. The first-order chi connectivity index (χ1) is 40.0. The SMILES string of the molecule is CCOC(=O)C1(N(C)S(=O)(=O)c2ccc3c(Cl)cnc(Cl)c3c2)CCCC1.CCOC(=O)C1(N(C)S(=O)(=O)c2ccc3c(Cl)cnc(N=C(N)N)c3c2)CCCC1.CN(C1(C(=O)O)CCCC1)S(=O)(=O)c1ccc2c(Cl)cnc(N=C(N)N)c2c1. The van der Waals surface area contributed by atoms with Crippen LogP contribution >= 0.6 is 46.4 Å². The van der Waals surface area contributed by atoms with Crippen molar-refractivity contribution in [2.24, 2.45) is 32.9 Å². The fourth-order valence-corrected chi connectivity index (χ4v) is 16.4. The molecule has 9 N–H and O–H groups in total. The van der Waals surface area contributed by atoms with Crippen LogP contribution in [0.4, 0.5) is 11.6 Å². The number of esters is 2. The number of aliphatic imine (C=N–C) groups is 2. The molecule has 3 aliphatic rings. The van der Waals surface area contributed by atoms with Gasteiger partial charge in [0.15, 0.2) is 23.6 Å². The van der Waals surface area contributed by atoms with Gasteiger partial charge in [0.25, 0.3) is 0 Å². The second-order valence-corrected chi connectivity index (χ2v) is 27.8. The van der Waals surface area contributed by atoms with Gasteiger partial charge < -0.3 is 37.5 Å². The fourth-order valence-electron chi connectivity index (χ4n) is 10.9. The van der Waals surface area contributed by atoms with E-state index < -0.39 is 64.6 Å². The maximum atomic E-state index is 13.5. The number of carboxylic acids is 1. The molecule has 0 spiro atoms. The van der Waals surface area contributed by atoms with E-state index in [0.29, 0.717) is 85.9 Å². The van der Waals surface area contributed by atoms with Gasteiger partial charge >= 0.3 is 17.9 Å². The van der Waals surface area contributed by atoms with E-state index in [1.807, 2.05) is 0 Å². The van der Waals surface area contributed by atoms with E-state index in [2.05, 4.69) is 24.9 Å².